The summed E-state index contributed by atoms with van der Waals surface area (Å²) in [5.74, 6) is 0.949. The van der Waals surface area contributed by atoms with E-state index >= 15 is 0 Å². The van der Waals surface area contributed by atoms with Gasteiger partial charge in [0.25, 0.3) is 5.56 Å². The van der Waals surface area contributed by atoms with E-state index in [-0.39, 0.29) is 23.4 Å². The Hall–Kier alpha value is -3.97. The van der Waals surface area contributed by atoms with Gasteiger partial charge in [0.05, 0.1) is 29.2 Å². The predicted molar refractivity (Wildman–Crippen MR) is 163 cm³/mol. The van der Waals surface area contributed by atoms with E-state index in [0.717, 1.165) is 28.1 Å². The summed E-state index contributed by atoms with van der Waals surface area (Å²) in [5, 5.41) is 3.77. The maximum atomic E-state index is 14.1. The number of benzene rings is 3. The van der Waals surface area contributed by atoms with Crippen molar-refractivity contribution in [1.29, 1.82) is 0 Å². The van der Waals surface area contributed by atoms with Crippen LogP contribution in [-0.4, -0.2) is 40.7 Å². The van der Waals surface area contributed by atoms with E-state index in [1.807, 2.05) is 62.4 Å². The van der Waals surface area contributed by atoms with E-state index in [2.05, 4.69) is 45.1 Å². The van der Waals surface area contributed by atoms with Crippen LogP contribution < -0.4 is 10.9 Å². The number of para-hydroxylation sites is 3. The van der Waals surface area contributed by atoms with Crippen molar-refractivity contribution in [2.45, 2.75) is 59.4 Å². The van der Waals surface area contributed by atoms with Crippen molar-refractivity contribution in [1.82, 2.24) is 14.5 Å². The van der Waals surface area contributed by atoms with Crippen molar-refractivity contribution in [2.75, 3.05) is 25.6 Å². The quantitative estimate of drug-likeness (QED) is 0.244. The summed E-state index contributed by atoms with van der Waals surface area (Å²) >= 11 is 0. The summed E-state index contributed by atoms with van der Waals surface area (Å²) in [6, 6.07) is 20.4. The highest BCUT2D eigenvalue weighted by Gasteiger charge is 2.28. The standard InChI is InChI=1S/C33H40N4O3/c1-21(2)25-15-12-16-26(22(3)4)30(25)35-33(39)36(19-20-40-7)24(6)31-34-28-17-10-9-14-27(28)32(38)37(31)29-18-11-8-13-23(29)5/h8-18,21-22,24H,19-20H2,1-7H3,(H,35,39). The average molecular weight is 541 g/mol. The molecule has 0 fully saturated rings. The number of methoxy groups -OCH3 is 1. The van der Waals surface area contributed by atoms with Crippen LogP contribution in [0.4, 0.5) is 10.5 Å². The minimum absolute atomic E-state index is 0.166. The second-order valence-electron chi connectivity index (χ2n) is 10.8. The van der Waals surface area contributed by atoms with Crippen LogP contribution in [0.15, 0.2) is 71.5 Å². The minimum atomic E-state index is -0.541. The number of urea groups is 1. The number of ether oxygens (including phenoxy) is 1. The molecule has 2 amide bonds. The number of hydrogen-bond acceptors (Lipinski definition) is 4. The fraction of sp³-hybridized carbons (Fsp3) is 0.364. The highest BCUT2D eigenvalue weighted by atomic mass is 16.5. The summed E-state index contributed by atoms with van der Waals surface area (Å²) in [5.41, 5.74) is 5.12. The van der Waals surface area contributed by atoms with Crippen molar-refractivity contribution in [3.8, 4) is 5.69 Å². The minimum Gasteiger partial charge on any atom is -0.383 e. The van der Waals surface area contributed by atoms with Crippen LogP contribution in [0.2, 0.25) is 0 Å². The van der Waals surface area contributed by atoms with Gasteiger partial charge in [-0.1, -0.05) is 76.2 Å². The van der Waals surface area contributed by atoms with Crippen molar-refractivity contribution >= 4 is 22.6 Å². The van der Waals surface area contributed by atoms with Crippen LogP contribution in [0.3, 0.4) is 0 Å². The van der Waals surface area contributed by atoms with Gasteiger partial charge in [-0.15, -0.1) is 0 Å². The summed E-state index contributed by atoms with van der Waals surface area (Å²) in [6.45, 7) is 13.0. The van der Waals surface area contributed by atoms with Crippen molar-refractivity contribution in [3.63, 3.8) is 0 Å². The Morgan fingerprint density at radius 2 is 1.55 bits per heavy atom. The molecule has 0 radical (unpaired) electrons. The molecule has 0 aliphatic heterocycles. The predicted octanol–water partition coefficient (Wildman–Crippen LogP) is 7.18. The summed E-state index contributed by atoms with van der Waals surface area (Å²) in [7, 11) is 1.61. The van der Waals surface area contributed by atoms with Gasteiger partial charge in [0.2, 0.25) is 0 Å². The largest absolute Gasteiger partial charge is 0.383 e. The normalized spacial score (nSPS) is 12.2. The molecule has 4 aromatic rings. The van der Waals surface area contributed by atoms with Gasteiger partial charge in [0.1, 0.15) is 5.82 Å². The van der Waals surface area contributed by atoms with Gasteiger partial charge < -0.3 is 15.0 Å². The van der Waals surface area contributed by atoms with E-state index in [0.29, 0.717) is 29.9 Å². The van der Waals surface area contributed by atoms with Crippen molar-refractivity contribution in [2.24, 2.45) is 0 Å². The Morgan fingerprint density at radius 3 is 2.17 bits per heavy atom. The van der Waals surface area contributed by atoms with Gasteiger partial charge in [0, 0.05) is 19.3 Å². The number of aromatic nitrogens is 2. The fourth-order valence-electron chi connectivity index (χ4n) is 5.15. The van der Waals surface area contributed by atoms with Gasteiger partial charge in [-0.05, 0) is 60.6 Å². The van der Waals surface area contributed by atoms with Crippen molar-refractivity contribution in [3.05, 3.63) is 99.6 Å². The molecule has 0 spiro atoms. The summed E-state index contributed by atoms with van der Waals surface area (Å²) in [6.07, 6.45) is 0. The second-order valence-corrected chi connectivity index (χ2v) is 10.8. The second kappa shape index (κ2) is 12.5. The molecule has 1 heterocycles. The van der Waals surface area contributed by atoms with E-state index < -0.39 is 6.04 Å². The van der Waals surface area contributed by atoms with E-state index in [4.69, 9.17) is 9.72 Å². The molecule has 1 aromatic heterocycles. The van der Waals surface area contributed by atoms with Gasteiger partial charge in [-0.25, -0.2) is 9.78 Å². The molecule has 1 atom stereocenters. The molecule has 7 heteroatoms. The first-order valence-corrected chi connectivity index (χ1v) is 13.9. The lowest BCUT2D eigenvalue weighted by atomic mass is 9.93. The molecule has 0 saturated carbocycles. The number of amides is 2. The van der Waals surface area contributed by atoms with E-state index in [9.17, 15) is 9.59 Å². The van der Waals surface area contributed by atoms with Crippen LogP contribution in [-0.2, 0) is 4.74 Å². The fourth-order valence-corrected chi connectivity index (χ4v) is 5.15. The van der Waals surface area contributed by atoms with Crippen LogP contribution in [0.25, 0.3) is 16.6 Å². The molecule has 7 nitrogen and oxygen atoms in total. The lowest BCUT2D eigenvalue weighted by Crippen LogP contribution is -2.42. The number of nitrogens with zero attached hydrogens (tertiary/aromatic N) is 3. The molecule has 3 aromatic carbocycles. The summed E-state index contributed by atoms with van der Waals surface area (Å²) in [4.78, 5) is 34.7. The van der Waals surface area contributed by atoms with Gasteiger partial charge in [-0.2, -0.15) is 0 Å². The molecule has 4 rings (SSSR count). The van der Waals surface area contributed by atoms with E-state index in [1.165, 1.54) is 0 Å². The molecule has 210 valence electrons. The highest BCUT2D eigenvalue weighted by Crippen LogP contribution is 2.33. The SMILES string of the molecule is COCCN(C(=O)Nc1c(C(C)C)cccc1C(C)C)C(C)c1nc2ccccc2c(=O)n1-c1ccccc1C. The van der Waals surface area contributed by atoms with Gasteiger partial charge >= 0.3 is 6.03 Å². The number of carbonyl (C=O) groups is 1. The third-order valence-corrected chi connectivity index (χ3v) is 7.40. The maximum absolute atomic E-state index is 14.1. The van der Waals surface area contributed by atoms with E-state index in [1.54, 1.807) is 22.6 Å². The number of fused-ring (bicyclic) bond motifs is 1. The molecule has 1 N–H and O–H groups in total. The zero-order valence-corrected chi connectivity index (χ0v) is 24.6. The Balaban J connectivity index is 1.86. The molecule has 0 aliphatic rings. The van der Waals surface area contributed by atoms with Gasteiger partial charge in [-0.3, -0.25) is 9.36 Å². The highest BCUT2D eigenvalue weighted by molar-refractivity contribution is 5.92. The molecule has 40 heavy (non-hydrogen) atoms. The van der Waals surface area contributed by atoms with Gasteiger partial charge in [0.15, 0.2) is 0 Å². The molecule has 1 unspecified atom stereocenters. The zero-order valence-electron chi connectivity index (χ0n) is 24.6. The van der Waals surface area contributed by atoms with Crippen LogP contribution >= 0.6 is 0 Å². The number of nitrogens with one attached hydrogen (secondary N) is 1. The molecular weight excluding hydrogens is 500 g/mol. The first-order chi connectivity index (χ1) is 19.1. The number of aryl methyl sites for hydroxylation is 1. The lowest BCUT2D eigenvalue weighted by Gasteiger charge is -2.32. The summed E-state index contributed by atoms with van der Waals surface area (Å²) < 4.78 is 7.05. The molecule has 0 aliphatic carbocycles. The van der Waals surface area contributed by atoms with Crippen LogP contribution in [0.1, 0.15) is 75.0 Å². The number of carbonyl (C=O) groups excluding carboxylic acids is 1. The maximum Gasteiger partial charge on any atom is 0.322 e. The zero-order chi connectivity index (χ0) is 29.0. The number of hydrogen-bond donors (Lipinski definition) is 1. The Bertz CT molecular complexity index is 1530. The Morgan fingerprint density at radius 1 is 0.925 bits per heavy atom. The smallest absolute Gasteiger partial charge is 0.322 e. The van der Waals surface area contributed by atoms with Crippen LogP contribution in [0.5, 0.6) is 0 Å². The molecule has 0 saturated heterocycles. The monoisotopic (exact) mass is 540 g/mol. The molecular formula is C33H40N4O3. The number of rotatable bonds is 9. The Labute approximate surface area is 236 Å². The topological polar surface area (TPSA) is 76.5 Å². The Kier molecular flexibility index (Phi) is 9.05. The van der Waals surface area contributed by atoms with Crippen LogP contribution in [0, 0.1) is 6.92 Å². The molecule has 0 bridgehead atoms. The third kappa shape index (κ3) is 5.80. The van der Waals surface area contributed by atoms with Crippen molar-refractivity contribution < 1.29 is 9.53 Å². The average Bonchev–Trinajstić information content (AvgIpc) is 2.93. The first kappa shape index (κ1) is 29.0. The number of anilines is 1. The third-order valence-electron chi connectivity index (χ3n) is 7.40. The first-order valence-electron chi connectivity index (χ1n) is 13.9. The lowest BCUT2D eigenvalue weighted by molar-refractivity contribution is 0.137.